The second-order valence-corrected chi connectivity index (χ2v) is 5.92. The third kappa shape index (κ3) is 3.04. The van der Waals surface area contributed by atoms with E-state index < -0.39 is 12.1 Å². The van der Waals surface area contributed by atoms with E-state index in [-0.39, 0.29) is 30.9 Å². The highest BCUT2D eigenvalue weighted by Gasteiger charge is 2.46. The van der Waals surface area contributed by atoms with Gasteiger partial charge in [0.25, 0.3) is 0 Å². The third-order valence-electron chi connectivity index (χ3n) is 4.04. The second-order valence-electron chi connectivity index (χ2n) is 5.49. The zero-order chi connectivity index (χ0) is 15.0. The van der Waals surface area contributed by atoms with Gasteiger partial charge in [-0.05, 0) is 30.0 Å². The Labute approximate surface area is 127 Å². The first kappa shape index (κ1) is 14.4. The van der Waals surface area contributed by atoms with Crippen molar-refractivity contribution in [3.63, 3.8) is 0 Å². The molecule has 1 amide bonds. The van der Waals surface area contributed by atoms with Gasteiger partial charge >= 0.3 is 5.97 Å². The summed E-state index contributed by atoms with van der Waals surface area (Å²) >= 11 is 5.97. The molecule has 5 nitrogen and oxygen atoms in total. The molecule has 3 atom stereocenters. The van der Waals surface area contributed by atoms with Crippen LogP contribution in [0.5, 0.6) is 0 Å². The van der Waals surface area contributed by atoms with Crippen molar-refractivity contribution >= 4 is 23.5 Å². The Hall–Kier alpha value is -1.59. The van der Waals surface area contributed by atoms with Crippen LogP contribution in [0.25, 0.3) is 0 Å². The number of hydrogen-bond acceptors (Lipinski definition) is 3. The summed E-state index contributed by atoms with van der Waals surface area (Å²) in [5.41, 5.74) is 1.07. The van der Waals surface area contributed by atoms with E-state index in [1.54, 1.807) is 4.90 Å². The van der Waals surface area contributed by atoms with E-state index in [1.165, 1.54) is 0 Å². The van der Waals surface area contributed by atoms with Gasteiger partial charge in [-0.3, -0.25) is 4.79 Å². The van der Waals surface area contributed by atoms with E-state index >= 15 is 0 Å². The van der Waals surface area contributed by atoms with Crippen LogP contribution < -0.4 is 0 Å². The topological polar surface area (TPSA) is 66.8 Å². The summed E-state index contributed by atoms with van der Waals surface area (Å²) in [6.45, 7) is 0.867. The molecular formula is C15H16ClNO4. The molecule has 1 aliphatic heterocycles. The lowest BCUT2D eigenvalue weighted by atomic mass is 10.1. The van der Waals surface area contributed by atoms with Crippen molar-refractivity contribution in [2.75, 3.05) is 19.7 Å². The fourth-order valence-corrected chi connectivity index (χ4v) is 3.01. The largest absolute Gasteiger partial charge is 0.479 e. The van der Waals surface area contributed by atoms with Crippen molar-refractivity contribution in [2.45, 2.75) is 18.4 Å². The molecular weight excluding hydrogens is 294 g/mol. The van der Waals surface area contributed by atoms with Crippen LogP contribution in [0.2, 0.25) is 5.02 Å². The van der Waals surface area contributed by atoms with Crippen molar-refractivity contribution in [1.82, 2.24) is 4.90 Å². The van der Waals surface area contributed by atoms with E-state index in [2.05, 4.69) is 0 Å². The number of rotatable bonds is 3. The molecule has 1 heterocycles. The number of carboxylic acids is 1. The van der Waals surface area contributed by atoms with Crippen molar-refractivity contribution < 1.29 is 19.4 Å². The quantitative estimate of drug-likeness (QED) is 0.924. The first-order valence-electron chi connectivity index (χ1n) is 6.95. The lowest BCUT2D eigenvalue weighted by Crippen LogP contribution is -2.49. The van der Waals surface area contributed by atoms with Gasteiger partial charge in [0.1, 0.15) is 0 Å². The van der Waals surface area contributed by atoms with Crippen LogP contribution in [0.1, 0.15) is 17.9 Å². The molecule has 0 aromatic heterocycles. The van der Waals surface area contributed by atoms with Gasteiger partial charge in [0.05, 0.1) is 13.2 Å². The zero-order valence-electron chi connectivity index (χ0n) is 11.4. The summed E-state index contributed by atoms with van der Waals surface area (Å²) in [5.74, 6) is -0.859. The van der Waals surface area contributed by atoms with Crippen molar-refractivity contribution in [3.8, 4) is 0 Å². The van der Waals surface area contributed by atoms with Crippen molar-refractivity contribution in [2.24, 2.45) is 5.92 Å². The summed E-state index contributed by atoms with van der Waals surface area (Å²) in [5, 5.41) is 9.64. The Morgan fingerprint density at radius 2 is 2.19 bits per heavy atom. The minimum Gasteiger partial charge on any atom is -0.479 e. The Morgan fingerprint density at radius 3 is 2.90 bits per heavy atom. The van der Waals surface area contributed by atoms with Crippen molar-refractivity contribution in [3.05, 3.63) is 34.9 Å². The monoisotopic (exact) mass is 309 g/mol. The standard InChI is InChI=1S/C15H16ClNO4/c16-10-3-1-2-9(6-10)11-7-12(11)14(18)17-4-5-21-13(8-17)15(19)20/h1-3,6,11-13H,4-5,7-8H2,(H,19,20)/t11-,12+,13+/m1/s1. The number of carbonyl (C=O) groups is 2. The number of hydrogen-bond donors (Lipinski definition) is 1. The Morgan fingerprint density at radius 1 is 1.38 bits per heavy atom. The number of carbonyl (C=O) groups excluding carboxylic acids is 1. The molecule has 2 aliphatic rings. The normalized spacial score (nSPS) is 28.2. The predicted octanol–water partition coefficient (Wildman–Crippen LogP) is 1.76. The average molecular weight is 310 g/mol. The predicted molar refractivity (Wildman–Crippen MR) is 76.3 cm³/mol. The van der Waals surface area contributed by atoms with Crippen LogP contribution in [-0.4, -0.2) is 47.7 Å². The second kappa shape index (κ2) is 5.66. The van der Waals surface area contributed by atoms with Crippen LogP contribution >= 0.6 is 11.6 Å². The van der Waals surface area contributed by atoms with Crippen molar-refractivity contribution in [1.29, 1.82) is 0 Å². The Kier molecular flexibility index (Phi) is 3.87. The Bertz CT molecular complexity index is 577. The van der Waals surface area contributed by atoms with E-state index in [0.717, 1.165) is 12.0 Å². The molecule has 1 saturated heterocycles. The maximum atomic E-state index is 12.4. The van der Waals surface area contributed by atoms with Gasteiger partial charge in [-0.25, -0.2) is 4.79 Å². The van der Waals surface area contributed by atoms with Gasteiger partial charge in [-0.15, -0.1) is 0 Å². The molecule has 1 aromatic rings. The zero-order valence-corrected chi connectivity index (χ0v) is 12.1. The van der Waals surface area contributed by atoms with E-state index in [9.17, 15) is 9.59 Å². The number of nitrogens with zero attached hydrogens (tertiary/aromatic N) is 1. The SMILES string of the molecule is O=C(O)[C@@H]1CN(C(=O)[C@H]2C[C@@H]2c2cccc(Cl)c2)CCO1. The van der Waals surface area contributed by atoms with E-state index in [4.69, 9.17) is 21.4 Å². The molecule has 0 bridgehead atoms. The van der Waals surface area contributed by atoms with E-state index in [0.29, 0.717) is 11.6 Å². The van der Waals surface area contributed by atoms with Gasteiger partial charge in [-0.2, -0.15) is 0 Å². The molecule has 3 rings (SSSR count). The Balaban J connectivity index is 1.63. The maximum Gasteiger partial charge on any atom is 0.334 e. The molecule has 1 aliphatic carbocycles. The summed E-state index contributed by atoms with van der Waals surface area (Å²) < 4.78 is 5.14. The summed E-state index contributed by atoms with van der Waals surface area (Å²) in [4.78, 5) is 25.0. The minimum absolute atomic E-state index is 0.0227. The van der Waals surface area contributed by atoms with Gasteiger partial charge in [-0.1, -0.05) is 23.7 Å². The van der Waals surface area contributed by atoms with Gasteiger partial charge in [0, 0.05) is 17.5 Å². The molecule has 1 saturated carbocycles. The highest BCUT2D eigenvalue weighted by Crippen LogP contribution is 2.49. The number of halogens is 1. The molecule has 2 fully saturated rings. The van der Waals surface area contributed by atoms with Gasteiger partial charge < -0.3 is 14.7 Å². The number of morpholine rings is 1. The summed E-state index contributed by atoms with van der Waals surface area (Å²) in [7, 11) is 0. The maximum absolute atomic E-state index is 12.4. The highest BCUT2D eigenvalue weighted by molar-refractivity contribution is 6.30. The minimum atomic E-state index is -1.02. The molecule has 1 N–H and O–H groups in total. The summed E-state index contributed by atoms with van der Waals surface area (Å²) in [6.07, 6.45) is -0.111. The first-order chi connectivity index (χ1) is 10.1. The number of aliphatic carboxylic acids is 1. The van der Waals surface area contributed by atoms with E-state index in [1.807, 2.05) is 24.3 Å². The molecule has 0 spiro atoms. The van der Waals surface area contributed by atoms with Crippen LogP contribution in [0.3, 0.4) is 0 Å². The third-order valence-corrected chi connectivity index (χ3v) is 4.27. The molecule has 1 aromatic carbocycles. The number of carboxylic acid groups (broad SMARTS) is 1. The molecule has 112 valence electrons. The molecule has 21 heavy (non-hydrogen) atoms. The average Bonchev–Trinajstić information content (AvgIpc) is 3.27. The fraction of sp³-hybridized carbons (Fsp3) is 0.467. The van der Waals surface area contributed by atoms with Crippen LogP contribution in [0.15, 0.2) is 24.3 Å². The molecule has 6 heteroatoms. The lowest BCUT2D eigenvalue weighted by molar-refractivity contribution is -0.159. The number of ether oxygens (including phenoxy) is 1. The molecule has 0 radical (unpaired) electrons. The van der Waals surface area contributed by atoms with Crippen LogP contribution in [0.4, 0.5) is 0 Å². The summed E-state index contributed by atoms with van der Waals surface area (Å²) in [6, 6.07) is 7.55. The lowest BCUT2D eigenvalue weighted by Gasteiger charge is -2.31. The number of benzene rings is 1. The molecule has 0 unspecified atom stereocenters. The first-order valence-corrected chi connectivity index (χ1v) is 7.32. The van der Waals surface area contributed by atoms with Gasteiger partial charge in [0.15, 0.2) is 6.10 Å². The fourth-order valence-electron chi connectivity index (χ4n) is 2.81. The van der Waals surface area contributed by atoms with Crippen LogP contribution in [-0.2, 0) is 14.3 Å². The van der Waals surface area contributed by atoms with Gasteiger partial charge in [0.2, 0.25) is 5.91 Å². The number of amides is 1. The smallest absolute Gasteiger partial charge is 0.334 e. The highest BCUT2D eigenvalue weighted by atomic mass is 35.5. The van der Waals surface area contributed by atoms with Crippen LogP contribution in [0, 0.1) is 5.92 Å².